The third kappa shape index (κ3) is 9.54. The number of hydrogen-bond acceptors (Lipinski definition) is 8. The molecule has 3 unspecified atom stereocenters. The van der Waals surface area contributed by atoms with Crippen LogP contribution in [0, 0.1) is 0 Å². The largest absolute Gasteiger partial charge is 0.451 e. The lowest BCUT2D eigenvalue weighted by Crippen LogP contribution is -2.70. The van der Waals surface area contributed by atoms with Gasteiger partial charge in [-0.1, -0.05) is 152 Å². The number of hydrogen-bond donors (Lipinski definition) is 2. The number of thioether (sulfide) groups is 1. The Hall–Kier alpha value is -6.72. The molecule has 5 aromatic rings. The van der Waals surface area contributed by atoms with E-state index < -0.39 is 59.3 Å². The topological polar surface area (TPSA) is 131 Å². The number of carbonyl (C=O) groups is 5. The zero-order valence-electron chi connectivity index (χ0n) is 32.1. The van der Waals surface area contributed by atoms with Gasteiger partial charge in [-0.05, 0) is 52.8 Å². The van der Waals surface area contributed by atoms with Gasteiger partial charge in [0, 0.05) is 17.7 Å². The van der Waals surface area contributed by atoms with Gasteiger partial charge in [-0.15, -0.1) is 11.8 Å². The molecule has 7 rings (SSSR count). The van der Waals surface area contributed by atoms with Gasteiger partial charge in [-0.2, -0.15) is 0 Å². The number of rotatable bonds is 16. The number of β-lactam (4-membered cyclic amide) rings is 1. The Labute approximate surface area is 347 Å². The third-order valence-electron chi connectivity index (χ3n) is 10.1. The van der Waals surface area contributed by atoms with Crippen LogP contribution in [0.1, 0.15) is 64.1 Å². The molecular weight excluding hydrogens is 763 g/mol. The van der Waals surface area contributed by atoms with Crippen molar-refractivity contribution in [3.63, 3.8) is 0 Å². The molecule has 0 radical (unpaired) electrons. The fourth-order valence-corrected chi connectivity index (χ4v) is 8.45. The highest BCUT2D eigenvalue weighted by Gasteiger charge is 2.54. The van der Waals surface area contributed by atoms with Crippen molar-refractivity contribution in [3.05, 3.63) is 203 Å². The van der Waals surface area contributed by atoms with E-state index in [1.807, 2.05) is 121 Å². The summed E-state index contributed by atoms with van der Waals surface area (Å²) in [4.78, 5) is 69.6. The lowest BCUT2D eigenvalue weighted by atomic mass is 10.0. The lowest BCUT2D eigenvalue weighted by Gasteiger charge is -2.49. The maximum atomic E-state index is 14.0. The van der Waals surface area contributed by atoms with Gasteiger partial charge in [0.1, 0.15) is 23.2 Å². The summed E-state index contributed by atoms with van der Waals surface area (Å²) in [6, 6.07) is 44.0. The Balaban J connectivity index is 1.01. The van der Waals surface area contributed by atoms with Crippen molar-refractivity contribution in [2.45, 2.75) is 48.9 Å². The van der Waals surface area contributed by atoms with Crippen molar-refractivity contribution >= 4 is 41.4 Å². The Morgan fingerprint density at radius 1 is 0.712 bits per heavy atom. The molecule has 5 aromatic carbocycles. The zero-order chi connectivity index (χ0) is 41.1. The highest BCUT2D eigenvalue weighted by Crippen LogP contribution is 2.42. The summed E-state index contributed by atoms with van der Waals surface area (Å²) >= 11 is 1.42. The molecule has 0 spiro atoms. The molecule has 2 aliphatic heterocycles. The van der Waals surface area contributed by atoms with Gasteiger partial charge in [-0.3, -0.25) is 19.3 Å². The van der Waals surface area contributed by atoms with Crippen molar-refractivity contribution in [1.29, 1.82) is 0 Å². The van der Waals surface area contributed by atoms with Crippen molar-refractivity contribution < 1.29 is 33.4 Å². The maximum Gasteiger partial charge on any atom is 0.356 e. The molecule has 1 saturated heterocycles. The van der Waals surface area contributed by atoms with E-state index in [1.54, 1.807) is 36.4 Å². The minimum Gasteiger partial charge on any atom is -0.451 e. The number of nitrogens with one attached hydrogen (secondary N) is 2. The molecule has 2 heterocycles. The van der Waals surface area contributed by atoms with Crippen molar-refractivity contribution in [2.24, 2.45) is 0 Å². The summed E-state index contributed by atoms with van der Waals surface area (Å²) in [5.41, 5.74) is 4.11. The molecule has 10 nitrogen and oxygen atoms in total. The minimum absolute atomic E-state index is 0.0363. The Kier molecular flexibility index (Phi) is 13.1. The molecule has 59 heavy (non-hydrogen) atoms. The standard InChI is InChI=1S/C48H43N3O7S/c1-2-32-31-59-46-40(45(54)51(46)41(32)48(56)58-43(35-23-12-5-13-24-35)36-25-14-6-15-26-36)50-39(52)30-18-29-38(49-44(53)37-27-16-7-17-28-37)47(55)57-42(33-19-8-3-9-20-33)34-21-10-4-11-22-34/h2-17,19-28,38,40,42-43,46H,1,18,29-31H2,(H,49,53)(H,50,52). The van der Waals surface area contributed by atoms with Crippen LogP contribution >= 0.6 is 11.8 Å². The molecule has 0 aliphatic carbocycles. The predicted octanol–water partition coefficient (Wildman–Crippen LogP) is 7.46. The van der Waals surface area contributed by atoms with Gasteiger partial charge in [0.25, 0.3) is 11.8 Å². The summed E-state index contributed by atoms with van der Waals surface area (Å²) in [7, 11) is 0. The molecule has 0 aromatic heterocycles. The number of carbonyl (C=O) groups excluding carboxylic acids is 5. The van der Waals surface area contributed by atoms with Gasteiger partial charge in [0.2, 0.25) is 5.91 Å². The average molecular weight is 806 g/mol. The van der Waals surface area contributed by atoms with E-state index in [2.05, 4.69) is 17.2 Å². The molecule has 1 fully saturated rings. The molecule has 3 atom stereocenters. The van der Waals surface area contributed by atoms with Crippen LogP contribution in [0.3, 0.4) is 0 Å². The summed E-state index contributed by atoms with van der Waals surface area (Å²) in [5, 5.41) is 5.12. The monoisotopic (exact) mass is 805 g/mol. The summed E-state index contributed by atoms with van der Waals surface area (Å²) < 4.78 is 12.2. The fraction of sp³-hybridized carbons (Fsp3) is 0.188. The van der Waals surface area contributed by atoms with Crippen LogP contribution in [0.5, 0.6) is 0 Å². The number of benzene rings is 5. The molecule has 2 N–H and O–H groups in total. The van der Waals surface area contributed by atoms with E-state index in [9.17, 15) is 24.0 Å². The van der Waals surface area contributed by atoms with Crippen molar-refractivity contribution in [2.75, 3.05) is 5.75 Å². The molecule has 3 amide bonds. The molecular formula is C48H43N3O7S. The quantitative estimate of drug-likeness (QED) is 0.0777. The van der Waals surface area contributed by atoms with Gasteiger partial charge in [0.05, 0.1) is 0 Å². The first-order valence-electron chi connectivity index (χ1n) is 19.4. The number of ether oxygens (including phenoxy) is 2. The zero-order valence-corrected chi connectivity index (χ0v) is 33.0. The van der Waals surface area contributed by atoms with Gasteiger partial charge in [0.15, 0.2) is 12.2 Å². The number of amides is 3. The Bertz CT molecular complexity index is 2230. The van der Waals surface area contributed by atoms with Crippen LogP contribution in [-0.4, -0.2) is 57.8 Å². The Morgan fingerprint density at radius 2 is 1.19 bits per heavy atom. The van der Waals surface area contributed by atoms with E-state index in [-0.39, 0.29) is 25.0 Å². The average Bonchev–Trinajstić information content (AvgIpc) is 3.29. The second-order valence-electron chi connectivity index (χ2n) is 14.1. The molecule has 0 bridgehead atoms. The van der Waals surface area contributed by atoms with Crippen molar-refractivity contribution in [1.82, 2.24) is 15.5 Å². The number of nitrogens with zero attached hydrogens (tertiary/aromatic N) is 1. The summed E-state index contributed by atoms with van der Waals surface area (Å²) in [5.74, 6) is -2.24. The SMILES string of the molecule is C=CC1=C(C(=O)OC(c2ccccc2)c2ccccc2)N2C(=O)C(NC(=O)CCCC(NC(=O)c3ccccc3)C(=O)OC(c3ccccc3)c3ccccc3)C2SC1. The normalized spacial score (nSPS) is 16.4. The van der Waals surface area contributed by atoms with E-state index in [0.29, 0.717) is 16.9 Å². The molecule has 0 saturated carbocycles. The van der Waals surface area contributed by atoms with Crippen LogP contribution in [0.15, 0.2) is 176 Å². The second kappa shape index (κ2) is 19.1. The first kappa shape index (κ1) is 40.5. The fourth-order valence-electron chi connectivity index (χ4n) is 7.11. The van der Waals surface area contributed by atoms with Crippen molar-refractivity contribution in [3.8, 4) is 0 Å². The summed E-state index contributed by atoms with van der Waals surface area (Å²) in [6.07, 6.45) is 0.359. The van der Waals surface area contributed by atoms with E-state index in [0.717, 1.165) is 22.3 Å². The van der Waals surface area contributed by atoms with Gasteiger partial charge in [-0.25, -0.2) is 9.59 Å². The Morgan fingerprint density at radius 3 is 1.68 bits per heavy atom. The third-order valence-corrected chi connectivity index (χ3v) is 11.4. The first-order valence-corrected chi connectivity index (χ1v) is 20.4. The molecule has 11 heteroatoms. The van der Waals surface area contributed by atoms with Crippen LogP contribution in [0.4, 0.5) is 0 Å². The highest BCUT2D eigenvalue weighted by molar-refractivity contribution is 8.00. The predicted molar refractivity (Wildman–Crippen MR) is 225 cm³/mol. The first-order chi connectivity index (χ1) is 28.8. The van der Waals surface area contributed by atoms with Gasteiger partial charge < -0.3 is 20.1 Å². The number of allylic oxidation sites excluding steroid dienone is 1. The maximum absolute atomic E-state index is 14.0. The van der Waals surface area contributed by atoms with E-state index >= 15 is 0 Å². The molecule has 298 valence electrons. The number of fused-ring (bicyclic) bond motifs is 1. The van der Waals surface area contributed by atoms with Crippen LogP contribution in [0.2, 0.25) is 0 Å². The van der Waals surface area contributed by atoms with Gasteiger partial charge >= 0.3 is 11.9 Å². The highest BCUT2D eigenvalue weighted by atomic mass is 32.2. The lowest BCUT2D eigenvalue weighted by molar-refractivity contribution is -0.154. The molecule has 2 aliphatic rings. The smallest absolute Gasteiger partial charge is 0.356 e. The van der Waals surface area contributed by atoms with Crippen LogP contribution in [-0.2, 0) is 28.7 Å². The minimum atomic E-state index is -1.08. The summed E-state index contributed by atoms with van der Waals surface area (Å²) in [6.45, 7) is 3.88. The van der Waals surface area contributed by atoms with Crippen LogP contribution in [0.25, 0.3) is 0 Å². The van der Waals surface area contributed by atoms with Crippen LogP contribution < -0.4 is 10.6 Å². The van der Waals surface area contributed by atoms with E-state index in [1.165, 1.54) is 16.7 Å². The van der Waals surface area contributed by atoms with E-state index in [4.69, 9.17) is 9.47 Å². The number of esters is 2. The second-order valence-corrected chi connectivity index (χ2v) is 15.2.